The summed E-state index contributed by atoms with van der Waals surface area (Å²) in [6, 6.07) is 28.5. The molecule has 1 heterocycles. The Balaban J connectivity index is 1.86. The fourth-order valence-corrected chi connectivity index (χ4v) is 4.15. The zero-order chi connectivity index (χ0) is 26.0. The van der Waals surface area contributed by atoms with Gasteiger partial charge >= 0.3 is 11.9 Å². The lowest BCUT2D eigenvalue weighted by atomic mass is 9.83. The second-order valence-electron chi connectivity index (χ2n) is 8.38. The molecule has 0 unspecified atom stereocenters. The molecular formula is C32H29NO4. The minimum atomic E-state index is -0.839. The summed E-state index contributed by atoms with van der Waals surface area (Å²) < 4.78 is 11.2. The Bertz CT molecular complexity index is 1360. The molecule has 186 valence electrons. The van der Waals surface area contributed by atoms with E-state index in [0.717, 1.165) is 16.7 Å². The monoisotopic (exact) mass is 491 g/mol. The predicted molar refractivity (Wildman–Crippen MR) is 143 cm³/mol. The molecule has 0 amide bonds. The lowest BCUT2D eigenvalue weighted by Gasteiger charge is -2.30. The van der Waals surface area contributed by atoms with Gasteiger partial charge in [-0.1, -0.05) is 97.6 Å². The first-order valence-electron chi connectivity index (χ1n) is 12.4. The van der Waals surface area contributed by atoms with Crippen LogP contribution >= 0.6 is 0 Å². The lowest BCUT2D eigenvalue weighted by molar-refractivity contribution is -0.140. The molecule has 3 aromatic carbocycles. The van der Waals surface area contributed by atoms with Crippen molar-refractivity contribution < 1.29 is 19.1 Å². The second kappa shape index (κ2) is 12.4. The van der Waals surface area contributed by atoms with E-state index in [1.165, 1.54) is 0 Å². The molecule has 0 bridgehead atoms. The molecule has 1 aliphatic rings. The van der Waals surface area contributed by atoms with E-state index in [9.17, 15) is 9.59 Å². The second-order valence-corrected chi connectivity index (χ2v) is 8.38. The normalized spacial score (nSPS) is 14.8. The quantitative estimate of drug-likeness (QED) is 0.342. The van der Waals surface area contributed by atoms with Gasteiger partial charge in [-0.2, -0.15) is 0 Å². The number of hydrogen-bond acceptors (Lipinski definition) is 5. The Kier molecular flexibility index (Phi) is 8.57. The third-order valence-corrected chi connectivity index (χ3v) is 5.93. The van der Waals surface area contributed by atoms with Crippen molar-refractivity contribution in [3.8, 4) is 11.8 Å². The van der Waals surface area contributed by atoms with Gasteiger partial charge in [0.2, 0.25) is 0 Å². The van der Waals surface area contributed by atoms with Crippen molar-refractivity contribution in [1.82, 2.24) is 5.32 Å². The van der Waals surface area contributed by atoms with E-state index >= 15 is 0 Å². The highest BCUT2D eigenvalue weighted by molar-refractivity contribution is 6.04. The first-order chi connectivity index (χ1) is 18.1. The Labute approximate surface area is 217 Å². The van der Waals surface area contributed by atoms with Crippen molar-refractivity contribution in [2.24, 2.45) is 5.92 Å². The summed E-state index contributed by atoms with van der Waals surface area (Å²) in [7, 11) is 0. The van der Waals surface area contributed by atoms with Gasteiger partial charge in [-0.05, 0) is 36.6 Å². The van der Waals surface area contributed by atoms with Crippen molar-refractivity contribution in [1.29, 1.82) is 0 Å². The molecule has 0 fully saturated rings. The van der Waals surface area contributed by atoms with E-state index in [4.69, 9.17) is 9.47 Å². The van der Waals surface area contributed by atoms with Crippen LogP contribution in [0.4, 0.5) is 0 Å². The van der Waals surface area contributed by atoms with Gasteiger partial charge in [0.1, 0.15) is 6.61 Å². The predicted octanol–water partition coefficient (Wildman–Crippen LogP) is 5.64. The number of carbonyl (C=O) groups excluding carboxylic acids is 2. The van der Waals surface area contributed by atoms with Crippen LogP contribution in [0.5, 0.6) is 0 Å². The van der Waals surface area contributed by atoms with Crippen LogP contribution < -0.4 is 5.32 Å². The summed E-state index contributed by atoms with van der Waals surface area (Å²) in [6.07, 6.45) is 0.528. The van der Waals surface area contributed by atoms with Crippen molar-refractivity contribution in [3.05, 3.63) is 125 Å². The van der Waals surface area contributed by atoms with Crippen LogP contribution in [0, 0.1) is 17.8 Å². The first kappa shape index (κ1) is 25.5. The number of esters is 2. The molecule has 5 nitrogen and oxygen atoms in total. The Morgan fingerprint density at radius 2 is 1.38 bits per heavy atom. The fourth-order valence-electron chi connectivity index (χ4n) is 4.15. The zero-order valence-corrected chi connectivity index (χ0v) is 21.0. The summed E-state index contributed by atoms with van der Waals surface area (Å²) in [5.41, 5.74) is 4.31. The van der Waals surface area contributed by atoms with Crippen LogP contribution in [-0.4, -0.2) is 18.5 Å². The SMILES string of the molecule is CCOC(=O)C1=C(CC)NC(c2ccccc2)=C(C(=O)OCc2ccccc2)[C@@H]1C#Cc1ccccc1. The number of rotatable bonds is 7. The van der Waals surface area contributed by atoms with Gasteiger partial charge in [0.05, 0.1) is 29.4 Å². The molecule has 0 aliphatic carbocycles. The highest BCUT2D eigenvalue weighted by Crippen LogP contribution is 2.36. The summed E-state index contributed by atoms with van der Waals surface area (Å²) >= 11 is 0. The number of ether oxygens (including phenoxy) is 2. The summed E-state index contributed by atoms with van der Waals surface area (Å²) in [6.45, 7) is 4.01. The van der Waals surface area contributed by atoms with Crippen LogP contribution in [0.25, 0.3) is 5.70 Å². The van der Waals surface area contributed by atoms with Gasteiger partial charge in [0.25, 0.3) is 0 Å². The molecule has 37 heavy (non-hydrogen) atoms. The van der Waals surface area contributed by atoms with E-state index in [2.05, 4.69) is 17.2 Å². The number of carbonyl (C=O) groups is 2. The first-order valence-corrected chi connectivity index (χ1v) is 12.4. The average Bonchev–Trinajstić information content (AvgIpc) is 2.95. The molecule has 1 atom stereocenters. The molecule has 1 aliphatic heterocycles. The maximum Gasteiger partial charge on any atom is 0.338 e. The molecule has 0 aromatic heterocycles. The number of hydrogen-bond donors (Lipinski definition) is 1. The number of benzene rings is 3. The Hall–Kier alpha value is -4.56. The smallest absolute Gasteiger partial charge is 0.338 e. The van der Waals surface area contributed by atoms with Crippen LogP contribution in [-0.2, 0) is 25.7 Å². The molecule has 0 radical (unpaired) electrons. The van der Waals surface area contributed by atoms with Crippen LogP contribution in [0.3, 0.4) is 0 Å². The number of allylic oxidation sites excluding steroid dienone is 1. The van der Waals surface area contributed by atoms with E-state index in [1.807, 2.05) is 97.9 Å². The number of dihydropyridines is 1. The molecule has 0 spiro atoms. The lowest BCUT2D eigenvalue weighted by Crippen LogP contribution is -2.34. The topological polar surface area (TPSA) is 64.6 Å². The largest absolute Gasteiger partial charge is 0.463 e. The van der Waals surface area contributed by atoms with Gasteiger partial charge in [0, 0.05) is 11.3 Å². The maximum atomic E-state index is 13.7. The summed E-state index contributed by atoms with van der Waals surface area (Å²) in [5, 5.41) is 3.36. The van der Waals surface area contributed by atoms with Crippen LogP contribution in [0.2, 0.25) is 0 Å². The van der Waals surface area contributed by atoms with Crippen molar-refractivity contribution in [2.45, 2.75) is 26.9 Å². The van der Waals surface area contributed by atoms with Gasteiger partial charge in [-0.15, -0.1) is 0 Å². The van der Waals surface area contributed by atoms with E-state index in [-0.39, 0.29) is 18.8 Å². The van der Waals surface area contributed by atoms with E-state index < -0.39 is 17.9 Å². The molecule has 1 N–H and O–H groups in total. The highest BCUT2D eigenvalue weighted by Gasteiger charge is 2.38. The molecule has 3 aromatic rings. The third kappa shape index (κ3) is 6.17. The summed E-state index contributed by atoms with van der Waals surface area (Å²) in [5.74, 6) is 4.49. The standard InChI is InChI=1S/C32H29NO4/c1-3-27-28(31(34)36-4-2)26(21-20-23-14-8-5-9-15-23)29(30(33-27)25-18-12-7-13-19-25)32(35)37-22-24-16-10-6-11-17-24/h5-19,26,33H,3-4,22H2,1-2H3/t26-/m1/s1. The maximum absolute atomic E-state index is 13.7. The molecule has 5 heteroatoms. The molecular weight excluding hydrogens is 462 g/mol. The van der Waals surface area contributed by atoms with Gasteiger partial charge < -0.3 is 14.8 Å². The van der Waals surface area contributed by atoms with Gasteiger partial charge in [-0.25, -0.2) is 9.59 Å². The minimum Gasteiger partial charge on any atom is -0.463 e. The zero-order valence-electron chi connectivity index (χ0n) is 21.0. The van der Waals surface area contributed by atoms with Crippen LogP contribution in [0.15, 0.2) is 108 Å². The highest BCUT2D eigenvalue weighted by atomic mass is 16.5. The van der Waals surface area contributed by atoms with Crippen LogP contribution in [0.1, 0.15) is 37.0 Å². The summed E-state index contributed by atoms with van der Waals surface area (Å²) in [4.78, 5) is 27.0. The number of nitrogens with one attached hydrogen (secondary N) is 1. The Morgan fingerprint density at radius 3 is 2.00 bits per heavy atom. The molecule has 0 saturated carbocycles. The molecule has 0 saturated heterocycles. The van der Waals surface area contributed by atoms with E-state index in [0.29, 0.717) is 23.4 Å². The third-order valence-electron chi connectivity index (χ3n) is 5.93. The fraction of sp³-hybridized carbons (Fsp3) is 0.188. The Morgan fingerprint density at radius 1 is 0.784 bits per heavy atom. The van der Waals surface area contributed by atoms with Crippen molar-refractivity contribution >= 4 is 17.6 Å². The van der Waals surface area contributed by atoms with Crippen molar-refractivity contribution in [2.75, 3.05) is 6.61 Å². The molecule has 4 rings (SSSR count). The average molecular weight is 492 g/mol. The van der Waals surface area contributed by atoms with Crippen molar-refractivity contribution in [3.63, 3.8) is 0 Å². The minimum absolute atomic E-state index is 0.100. The van der Waals surface area contributed by atoms with Gasteiger partial charge in [-0.3, -0.25) is 0 Å². The van der Waals surface area contributed by atoms with Gasteiger partial charge in [0.15, 0.2) is 0 Å². The van der Waals surface area contributed by atoms with E-state index in [1.54, 1.807) is 6.92 Å².